The molecule has 5 nitrogen and oxygen atoms in total. The summed E-state index contributed by atoms with van der Waals surface area (Å²) in [6.07, 6.45) is 0. The van der Waals surface area contributed by atoms with Crippen LogP contribution in [0.2, 0.25) is 0 Å². The number of rotatable bonds is 4. The summed E-state index contributed by atoms with van der Waals surface area (Å²) in [5.74, 6) is 0.711. The molecule has 0 fully saturated rings. The molecule has 1 amide bonds. The Hall–Kier alpha value is -1.88. The molecule has 5 heteroatoms. The molecule has 2 atom stereocenters. The number of carbonyl (C=O) groups excluding carboxylic acids is 1. The minimum atomic E-state index is -0.554. The second-order valence-electron chi connectivity index (χ2n) is 7.50. The zero-order chi connectivity index (χ0) is 17.4. The topological polar surface area (TPSA) is 72.9 Å². The van der Waals surface area contributed by atoms with Crippen molar-refractivity contribution < 1.29 is 4.79 Å². The van der Waals surface area contributed by atoms with Crippen LogP contribution in [-0.4, -0.2) is 21.5 Å². The molecule has 2 rings (SSSR count). The number of nitrogens with two attached hydrogens (primary N) is 1. The molecule has 0 saturated heterocycles. The first-order valence-electron chi connectivity index (χ1n) is 8.15. The van der Waals surface area contributed by atoms with Gasteiger partial charge in [-0.25, -0.2) is 4.98 Å². The summed E-state index contributed by atoms with van der Waals surface area (Å²) in [6, 6.07) is 7.53. The van der Waals surface area contributed by atoms with Crippen LogP contribution in [0.5, 0.6) is 0 Å². The van der Waals surface area contributed by atoms with Gasteiger partial charge in [0.05, 0.1) is 23.1 Å². The van der Waals surface area contributed by atoms with Crippen molar-refractivity contribution in [1.82, 2.24) is 14.9 Å². The van der Waals surface area contributed by atoms with E-state index in [0.29, 0.717) is 0 Å². The van der Waals surface area contributed by atoms with Gasteiger partial charge in [-0.15, -0.1) is 0 Å². The van der Waals surface area contributed by atoms with E-state index < -0.39 is 6.04 Å². The molecular weight excluding hydrogens is 288 g/mol. The third kappa shape index (κ3) is 3.55. The molecule has 23 heavy (non-hydrogen) atoms. The van der Waals surface area contributed by atoms with E-state index in [0.717, 1.165) is 16.9 Å². The maximum absolute atomic E-state index is 12.4. The first-order valence-corrected chi connectivity index (χ1v) is 8.15. The molecule has 2 aromatic rings. The van der Waals surface area contributed by atoms with Gasteiger partial charge in [0, 0.05) is 6.04 Å². The number of fused-ring (bicyclic) bond motifs is 1. The van der Waals surface area contributed by atoms with E-state index in [1.807, 2.05) is 45.9 Å². The van der Waals surface area contributed by atoms with Gasteiger partial charge in [-0.2, -0.15) is 0 Å². The third-order valence-electron chi connectivity index (χ3n) is 4.10. The van der Waals surface area contributed by atoms with Gasteiger partial charge in [-0.05, 0) is 38.3 Å². The Morgan fingerprint density at radius 1 is 1.22 bits per heavy atom. The average Bonchev–Trinajstić information content (AvgIpc) is 2.84. The second kappa shape index (κ2) is 6.32. The lowest BCUT2D eigenvalue weighted by molar-refractivity contribution is -0.125. The normalized spacial score (nSPS) is 15.0. The number of nitrogens with zero attached hydrogens (tertiary/aromatic N) is 2. The van der Waals surface area contributed by atoms with Crippen molar-refractivity contribution in [2.24, 2.45) is 11.1 Å². The number of hydrogen-bond acceptors (Lipinski definition) is 3. The molecule has 0 bridgehead atoms. The summed E-state index contributed by atoms with van der Waals surface area (Å²) < 4.78 is 2.17. The highest BCUT2D eigenvalue weighted by molar-refractivity contribution is 5.83. The number of para-hydroxylation sites is 2. The van der Waals surface area contributed by atoms with Gasteiger partial charge in [-0.3, -0.25) is 4.79 Å². The number of amides is 1. The van der Waals surface area contributed by atoms with Crippen LogP contribution in [0.4, 0.5) is 0 Å². The molecule has 126 valence electrons. The smallest absolute Gasteiger partial charge is 0.238 e. The fourth-order valence-corrected chi connectivity index (χ4v) is 2.67. The number of imidazole rings is 1. The number of carbonyl (C=O) groups is 1. The van der Waals surface area contributed by atoms with Gasteiger partial charge in [-0.1, -0.05) is 32.9 Å². The van der Waals surface area contributed by atoms with Crippen LogP contribution in [-0.2, 0) is 4.79 Å². The Bertz CT molecular complexity index is 697. The molecule has 0 radical (unpaired) electrons. The minimum Gasteiger partial charge on any atom is -0.345 e. The van der Waals surface area contributed by atoms with Gasteiger partial charge >= 0.3 is 0 Å². The van der Waals surface area contributed by atoms with E-state index in [-0.39, 0.29) is 23.4 Å². The first-order chi connectivity index (χ1) is 10.6. The Morgan fingerprint density at radius 3 is 2.39 bits per heavy atom. The highest BCUT2D eigenvalue weighted by atomic mass is 16.2. The Balaban J connectivity index is 2.33. The number of benzene rings is 1. The summed E-state index contributed by atoms with van der Waals surface area (Å²) >= 11 is 0. The Labute approximate surface area is 138 Å². The molecular formula is C18H28N4O. The molecule has 1 aromatic carbocycles. The molecule has 0 aliphatic carbocycles. The van der Waals surface area contributed by atoms with Crippen molar-refractivity contribution >= 4 is 16.9 Å². The summed E-state index contributed by atoms with van der Waals surface area (Å²) in [5, 5.41) is 3.01. The van der Waals surface area contributed by atoms with E-state index in [1.54, 1.807) is 0 Å². The van der Waals surface area contributed by atoms with Gasteiger partial charge in [0.1, 0.15) is 5.82 Å². The second-order valence-corrected chi connectivity index (χ2v) is 7.50. The van der Waals surface area contributed by atoms with Gasteiger partial charge in [0.2, 0.25) is 5.91 Å². The fraction of sp³-hybridized carbons (Fsp3) is 0.556. The molecule has 1 heterocycles. The lowest BCUT2D eigenvalue weighted by Crippen LogP contribution is -2.49. The van der Waals surface area contributed by atoms with Gasteiger partial charge in [0.25, 0.3) is 0 Å². The minimum absolute atomic E-state index is 0.146. The quantitative estimate of drug-likeness (QED) is 0.910. The monoisotopic (exact) mass is 316 g/mol. The largest absolute Gasteiger partial charge is 0.345 e. The summed E-state index contributed by atoms with van der Waals surface area (Å²) in [6.45, 7) is 12.1. The lowest BCUT2D eigenvalue weighted by Gasteiger charge is -2.27. The lowest BCUT2D eigenvalue weighted by atomic mass is 9.87. The van der Waals surface area contributed by atoms with Crippen LogP contribution < -0.4 is 11.1 Å². The molecule has 3 N–H and O–H groups in total. The van der Waals surface area contributed by atoms with Crippen molar-refractivity contribution in [2.75, 3.05) is 0 Å². The molecule has 0 saturated carbocycles. The molecule has 1 aromatic heterocycles. The van der Waals surface area contributed by atoms with Gasteiger partial charge in [0.15, 0.2) is 0 Å². The van der Waals surface area contributed by atoms with Crippen LogP contribution >= 0.6 is 0 Å². The van der Waals surface area contributed by atoms with Crippen molar-refractivity contribution in [3.05, 3.63) is 30.1 Å². The maximum Gasteiger partial charge on any atom is 0.238 e. The maximum atomic E-state index is 12.4. The van der Waals surface area contributed by atoms with E-state index in [9.17, 15) is 4.79 Å². The Kier molecular flexibility index (Phi) is 4.80. The van der Waals surface area contributed by atoms with Crippen molar-refractivity contribution in [1.29, 1.82) is 0 Å². The van der Waals surface area contributed by atoms with E-state index in [1.165, 1.54) is 0 Å². The zero-order valence-electron chi connectivity index (χ0n) is 14.9. The summed E-state index contributed by atoms with van der Waals surface area (Å²) in [4.78, 5) is 17.1. The predicted molar refractivity (Wildman–Crippen MR) is 94.1 cm³/mol. The highest BCUT2D eigenvalue weighted by Gasteiger charge is 2.29. The molecule has 1 unspecified atom stereocenters. The molecule has 0 aliphatic rings. The van der Waals surface area contributed by atoms with Crippen molar-refractivity contribution in [3.63, 3.8) is 0 Å². The van der Waals surface area contributed by atoms with Crippen molar-refractivity contribution in [2.45, 2.75) is 59.7 Å². The van der Waals surface area contributed by atoms with Crippen LogP contribution in [0, 0.1) is 5.41 Å². The standard InChI is InChI=1S/C18H28N4O/c1-11(2)22-14-10-8-7-9-13(14)21-16(22)12(3)20-17(23)15(19)18(4,5)6/h7-12,15H,19H2,1-6H3,(H,20,23)/t12?,15-/m1/s1. The van der Waals surface area contributed by atoms with E-state index in [2.05, 4.69) is 29.8 Å². The number of hydrogen-bond donors (Lipinski definition) is 2. The third-order valence-corrected chi connectivity index (χ3v) is 4.10. The summed E-state index contributed by atoms with van der Waals surface area (Å²) in [7, 11) is 0. The van der Waals surface area contributed by atoms with Crippen molar-refractivity contribution in [3.8, 4) is 0 Å². The Morgan fingerprint density at radius 2 is 1.83 bits per heavy atom. The fourth-order valence-electron chi connectivity index (χ4n) is 2.67. The van der Waals surface area contributed by atoms with E-state index in [4.69, 9.17) is 10.7 Å². The van der Waals surface area contributed by atoms with Gasteiger partial charge < -0.3 is 15.6 Å². The number of nitrogens with one attached hydrogen (secondary N) is 1. The molecule has 0 aliphatic heterocycles. The average molecular weight is 316 g/mol. The van der Waals surface area contributed by atoms with Crippen LogP contribution in [0.1, 0.15) is 59.5 Å². The molecule has 0 spiro atoms. The highest BCUT2D eigenvalue weighted by Crippen LogP contribution is 2.25. The van der Waals surface area contributed by atoms with E-state index >= 15 is 0 Å². The van der Waals surface area contributed by atoms with Crippen LogP contribution in [0.15, 0.2) is 24.3 Å². The zero-order valence-corrected chi connectivity index (χ0v) is 14.9. The van der Waals surface area contributed by atoms with Crippen LogP contribution in [0.3, 0.4) is 0 Å². The predicted octanol–water partition coefficient (Wildman–Crippen LogP) is 3.17. The summed E-state index contributed by atoms with van der Waals surface area (Å²) in [5.41, 5.74) is 7.80. The van der Waals surface area contributed by atoms with Crippen LogP contribution in [0.25, 0.3) is 11.0 Å². The number of aromatic nitrogens is 2. The SMILES string of the molecule is CC(NC(=O)[C@@H](N)C(C)(C)C)c1nc2ccccc2n1C(C)C. The first kappa shape index (κ1) is 17.5.